The summed E-state index contributed by atoms with van der Waals surface area (Å²) in [4.78, 5) is 0. The van der Waals surface area contributed by atoms with Crippen LogP contribution >= 0.6 is 27.5 Å². The van der Waals surface area contributed by atoms with Crippen molar-refractivity contribution in [3.8, 4) is 0 Å². The van der Waals surface area contributed by atoms with Crippen molar-refractivity contribution in [2.75, 3.05) is 0 Å². The second-order valence-electron chi connectivity index (χ2n) is 4.13. The maximum Gasteiger partial charge on any atom is 0.137 e. The molecule has 2 aromatic carbocycles. The molecule has 0 saturated heterocycles. The van der Waals surface area contributed by atoms with E-state index in [-0.39, 0.29) is 10.0 Å². The largest absolute Gasteiger partial charge is 0.207 e. The summed E-state index contributed by atoms with van der Waals surface area (Å²) >= 11 is 9.13. The SMILES string of the molecule is Cc1ccc(F)c(C(Cl)c2ccc(F)c(Br)c2)c1F. The van der Waals surface area contributed by atoms with Crippen LogP contribution in [0.15, 0.2) is 34.8 Å². The van der Waals surface area contributed by atoms with Gasteiger partial charge in [0.2, 0.25) is 0 Å². The van der Waals surface area contributed by atoms with Crippen LogP contribution in [-0.4, -0.2) is 0 Å². The fourth-order valence-electron chi connectivity index (χ4n) is 1.75. The van der Waals surface area contributed by atoms with Crippen molar-refractivity contribution in [2.24, 2.45) is 0 Å². The van der Waals surface area contributed by atoms with Gasteiger partial charge in [0.1, 0.15) is 17.5 Å². The molecule has 0 saturated carbocycles. The molecular formula is C14H9BrClF3. The van der Waals surface area contributed by atoms with E-state index in [4.69, 9.17) is 11.6 Å². The van der Waals surface area contributed by atoms with Gasteiger partial charge >= 0.3 is 0 Å². The standard InChI is InChI=1S/C14H9BrClF3/c1-7-2-4-11(18)12(14(7)19)13(16)8-3-5-10(17)9(15)6-8/h2-6,13H,1H3. The highest BCUT2D eigenvalue weighted by Gasteiger charge is 2.21. The Morgan fingerprint density at radius 2 is 1.68 bits per heavy atom. The van der Waals surface area contributed by atoms with E-state index in [9.17, 15) is 13.2 Å². The smallest absolute Gasteiger partial charge is 0.137 e. The first-order chi connectivity index (χ1) is 8.91. The summed E-state index contributed by atoms with van der Waals surface area (Å²) in [6, 6.07) is 6.52. The molecule has 19 heavy (non-hydrogen) atoms. The summed E-state index contributed by atoms with van der Waals surface area (Å²) in [7, 11) is 0. The lowest BCUT2D eigenvalue weighted by molar-refractivity contribution is 0.553. The molecule has 1 unspecified atom stereocenters. The number of hydrogen-bond acceptors (Lipinski definition) is 0. The quantitative estimate of drug-likeness (QED) is 0.628. The molecular weight excluding hydrogens is 341 g/mol. The van der Waals surface area contributed by atoms with Gasteiger partial charge in [0.05, 0.1) is 9.85 Å². The lowest BCUT2D eigenvalue weighted by Gasteiger charge is -2.14. The zero-order chi connectivity index (χ0) is 14.2. The van der Waals surface area contributed by atoms with Gasteiger partial charge in [-0.15, -0.1) is 11.6 Å². The average molecular weight is 350 g/mol. The summed E-state index contributed by atoms with van der Waals surface area (Å²) in [6.07, 6.45) is 0. The van der Waals surface area contributed by atoms with Crippen LogP contribution in [0.25, 0.3) is 0 Å². The Morgan fingerprint density at radius 3 is 2.32 bits per heavy atom. The van der Waals surface area contributed by atoms with E-state index < -0.39 is 22.8 Å². The lowest BCUT2D eigenvalue weighted by atomic mass is 10.0. The second-order valence-corrected chi connectivity index (χ2v) is 5.42. The summed E-state index contributed by atoms with van der Waals surface area (Å²) in [5, 5.41) is -1.02. The monoisotopic (exact) mass is 348 g/mol. The molecule has 0 amide bonds. The van der Waals surface area contributed by atoms with Crippen LogP contribution < -0.4 is 0 Å². The molecule has 0 N–H and O–H groups in total. The zero-order valence-corrected chi connectivity index (χ0v) is 12.2. The van der Waals surface area contributed by atoms with Crippen molar-refractivity contribution in [1.29, 1.82) is 0 Å². The predicted molar refractivity (Wildman–Crippen MR) is 72.9 cm³/mol. The number of halogens is 5. The Morgan fingerprint density at radius 1 is 1.05 bits per heavy atom. The Bertz CT molecular complexity index is 628. The van der Waals surface area contributed by atoms with Crippen molar-refractivity contribution in [1.82, 2.24) is 0 Å². The zero-order valence-electron chi connectivity index (χ0n) is 9.85. The molecule has 0 radical (unpaired) electrons. The molecule has 0 aromatic heterocycles. The van der Waals surface area contributed by atoms with Crippen molar-refractivity contribution >= 4 is 27.5 Å². The first kappa shape index (κ1) is 14.4. The number of rotatable bonds is 2. The third-order valence-electron chi connectivity index (χ3n) is 2.81. The Kier molecular flexibility index (Phi) is 4.21. The van der Waals surface area contributed by atoms with E-state index in [1.807, 2.05) is 0 Å². The van der Waals surface area contributed by atoms with Gasteiger partial charge in [-0.1, -0.05) is 12.1 Å². The van der Waals surface area contributed by atoms with Crippen LogP contribution in [0.5, 0.6) is 0 Å². The van der Waals surface area contributed by atoms with Gasteiger partial charge in [0, 0.05) is 5.56 Å². The first-order valence-corrected chi connectivity index (χ1v) is 6.68. The van der Waals surface area contributed by atoms with Crippen LogP contribution in [-0.2, 0) is 0 Å². The minimum atomic E-state index is -1.02. The van der Waals surface area contributed by atoms with Gasteiger partial charge in [0.15, 0.2) is 0 Å². The van der Waals surface area contributed by atoms with E-state index in [2.05, 4.69) is 15.9 Å². The van der Waals surface area contributed by atoms with Gasteiger partial charge in [-0.05, 0) is 52.2 Å². The Labute approximate surface area is 122 Å². The summed E-state index contributed by atoms with van der Waals surface area (Å²) in [5.41, 5.74) is 0.502. The minimum absolute atomic E-state index is 0.198. The van der Waals surface area contributed by atoms with Gasteiger partial charge < -0.3 is 0 Å². The van der Waals surface area contributed by atoms with Crippen LogP contribution in [0.2, 0.25) is 0 Å². The highest BCUT2D eigenvalue weighted by molar-refractivity contribution is 9.10. The summed E-state index contributed by atoms with van der Waals surface area (Å²) in [6.45, 7) is 1.53. The van der Waals surface area contributed by atoms with Crippen molar-refractivity contribution < 1.29 is 13.2 Å². The molecule has 100 valence electrons. The topological polar surface area (TPSA) is 0 Å². The van der Waals surface area contributed by atoms with Crippen molar-refractivity contribution in [3.63, 3.8) is 0 Å². The number of benzene rings is 2. The molecule has 0 bridgehead atoms. The third-order valence-corrected chi connectivity index (χ3v) is 3.89. The molecule has 1 atom stereocenters. The highest BCUT2D eigenvalue weighted by atomic mass is 79.9. The van der Waals surface area contributed by atoms with E-state index in [1.54, 1.807) is 0 Å². The fraction of sp³-hybridized carbons (Fsp3) is 0.143. The molecule has 0 heterocycles. The molecule has 0 aliphatic carbocycles. The summed E-state index contributed by atoms with van der Waals surface area (Å²) in [5.74, 6) is -1.86. The first-order valence-electron chi connectivity index (χ1n) is 5.45. The number of hydrogen-bond donors (Lipinski definition) is 0. The van der Waals surface area contributed by atoms with Gasteiger partial charge in [-0.3, -0.25) is 0 Å². The molecule has 0 aliphatic rings. The van der Waals surface area contributed by atoms with Crippen molar-refractivity contribution in [3.05, 3.63) is 68.9 Å². The number of aryl methyl sites for hydroxylation is 1. The highest BCUT2D eigenvalue weighted by Crippen LogP contribution is 2.35. The molecule has 0 fully saturated rings. The summed E-state index contributed by atoms with van der Waals surface area (Å²) < 4.78 is 41.1. The molecule has 5 heteroatoms. The molecule has 0 nitrogen and oxygen atoms in total. The van der Waals surface area contributed by atoms with E-state index >= 15 is 0 Å². The maximum atomic E-state index is 14.0. The Balaban J connectivity index is 2.52. The van der Waals surface area contributed by atoms with Gasteiger partial charge in [-0.2, -0.15) is 0 Å². The van der Waals surface area contributed by atoms with E-state index in [0.29, 0.717) is 11.1 Å². The van der Waals surface area contributed by atoms with Gasteiger partial charge in [-0.25, -0.2) is 13.2 Å². The molecule has 2 rings (SSSR count). The minimum Gasteiger partial charge on any atom is -0.207 e. The molecule has 2 aromatic rings. The van der Waals surface area contributed by atoms with Crippen LogP contribution in [0.4, 0.5) is 13.2 Å². The molecule has 0 aliphatic heterocycles. The van der Waals surface area contributed by atoms with E-state index in [1.165, 1.54) is 37.3 Å². The third kappa shape index (κ3) is 2.79. The fourth-order valence-corrected chi connectivity index (χ4v) is 2.48. The Hall–Kier alpha value is -1.00. The van der Waals surface area contributed by atoms with Gasteiger partial charge in [0.25, 0.3) is 0 Å². The van der Waals surface area contributed by atoms with Crippen LogP contribution in [0.1, 0.15) is 22.1 Å². The normalized spacial score (nSPS) is 12.5. The second kappa shape index (κ2) is 5.55. The maximum absolute atomic E-state index is 14.0. The average Bonchev–Trinajstić information content (AvgIpc) is 2.37. The van der Waals surface area contributed by atoms with Crippen LogP contribution in [0, 0.1) is 24.4 Å². The van der Waals surface area contributed by atoms with E-state index in [0.717, 1.165) is 0 Å². The lowest BCUT2D eigenvalue weighted by Crippen LogP contribution is -2.03. The predicted octanol–water partition coefficient (Wildman–Crippen LogP) is 5.50. The number of alkyl halides is 1. The van der Waals surface area contributed by atoms with Crippen LogP contribution in [0.3, 0.4) is 0 Å². The molecule has 0 spiro atoms. The van der Waals surface area contributed by atoms with Crippen molar-refractivity contribution in [2.45, 2.75) is 12.3 Å².